The van der Waals surface area contributed by atoms with Crippen molar-refractivity contribution >= 4 is 15.7 Å². The fraction of sp³-hybridized carbons (Fsp3) is 0.118. The summed E-state index contributed by atoms with van der Waals surface area (Å²) in [5.74, 6) is 0. The van der Waals surface area contributed by atoms with Crippen LogP contribution in [0.15, 0.2) is 71.9 Å². The first kappa shape index (κ1) is 15.3. The Balaban J connectivity index is 1.73. The lowest BCUT2D eigenvalue weighted by Crippen LogP contribution is -2.12. The number of hydrogen-bond acceptors (Lipinski definition) is 3. The minimum Gasteiger partial charge on any atom is -0.276 e. The average molecular weight is 327 g/mol. The molecule has 3 aromatic rings. The molecule has 0 aliphatic carbocycles. The Morgan fingerprint density at radius 3 is 2.43 bits per heavy atom. The monoisotopic (exact) mass is 327 g/mol. The molecule has 0 aliphatic rings. The number of aromatic nitrogens is 2. The van der Waals surface area contributed by atoms with Crippen molar-refractivity contribution in [3.63, 3.8) is 0 Å². The van der Waals surface area contributed by atoms with Crippen LogP contribution in [0.25, 0.3) is 0 Å². The van der Waals surface area contributed by atoms with Crippen molar-refractivity contribution in [2.45, 2.75) is 18.4 Å². The third kappa shape index (κ3) is 3.78. The number of nitrogens with zero attached hydrogens (tertiary/aromatic N) is 2. The number of sulfonamides is 1. The van der Waals surface area contributed by atoms with Crippen molar-refractivity contribution < 1.29 is 8.42 Å². The van der Waals surface area contributed by atoms with E-state index in [-0.39, 0.29) is 4.90 Å². The van der Waals surface area contributed by atoms with Gasteiger partial charge in [-0.25, -0.2) is 8.42 Å². The topological polar surface area (TPSA) is 64.0 Å². The molecule has 1 N–H and O–H groups in total. The Morgan fingerprint density at radius 1 is 1.04 bits per heavy atom. The van der Waals surface area contributed by atoms with Crippen molar-refractivity contribution in [2.75, 3.05) is 4.72 Å². The van der Waals surface area contributed by atoms with Crippen LogP contribution in [0, 0.1) is 6.92 Å². The standard InChI is InChI=1S/C17H17N3O2S/c1-14-7-9-15(10-8-14)12-20-13-16(11-18-20)19-23(21,22)17-5-3-2-4-6-17/h2-11,13,19H,12H2,1H3. The Kier molecular flexibility index (Phi) is 4.16. The normalized spacial score (nSPS) is 11.3. The summed E-state index contributed by atoms with van der Waals surface area (Å²) in [6.45, 7) is 2.63. The van der Waals surface area contributed by atoms with Gasteiger partial charge in [0.1, 0.15) is 0 Å². The molecule has 0 saturated carbocycles. The molecule has 118 valence electrons. The lowest BCUT2D eigenvalue weighted by Gasteiger charge is -2.05. The van der Waals surface area contributed by atoms with Gasteiger partial charge in [-0.15, -0.1) is 0 Å². The highest BCUT2D eigenvalue weighted by atomic mass is 32.2. The van der Waals surface area contributed by atoms with Gasteiger partial charge in [0.2, 0.25) is 0 Å². The van der Waals surface area contributed by atoms with E-state index in [0.29, 0.717) is 12.2 Å². The Hall–Kier alpha value is -2.60. The fourth-order valence-electron chi connectivity index (χ4n) is 2.20. The molecule has 0 saturated heterocycles. The van der Waals surface area contributed by atoms with E-state index in [1.807, 2.05) is 31.2 Å². The molecular formula is C17H17N3O2S. The van der Waals surface area contributed by atoms with Crippen LogP contribution in [0.2, 0.25) is 0 Å². The summed E-state index contributed by atoms with van der Waals surface area (Å²) >= 11 is 0. The third-order valence-electron chi connectivity index (χ3n) is 3.40. The van der Waals surface area contributed by atoms with Gasteiger partial charge >= 0.3 is 0 Å². The molecule has 1 aromatic heterocycles. The SMILES string of the molecule is Cc1ccc(Cn2cc(NS(=O)(=O)c3ccccc3)cn2)cc1. The van der Waals surface area contributed by atoms with Crippen molar-refractivity contribution in [3.05, 3.63) is 78.1 Å². The second-order valence-electron chi connectivity index (χ2n) is 5.33. The van der Waals surface area contributed by atoms with Gasteiger partial charge in [0.15, 0.2) is 0 Å². The van der Waals surface area contributed by atoms with Crippen LogP contribution >= 0.6 is 0 Å². The second-order valence-corrected chi connectivity index (χ2v) is 7.01. The molecule has 0 bridgehead atoms. The zero-order valence-electron chi connectivity index (χ0n) is 12.7. The minimum absolute atomic E-state index is 0.228. The fourth-order valence-corrected chi connectivity index (χ4v) is 3.25. The molecule has 1 heterocycles. The first-order valence-electron chi connectivity index (χ1n) is 7.19. The van der Waals surface area contributed by atoms with Crippen LogP contribution < -0.4 is 4.72 Å². The van der Waals surface area contributed by atoms with E-state index in [2.05, 4.69) is 9.82 Å². The summed E-state index contributed by atoms with van der Waals surface area (Å²) in [6, 6.07) is 16.4. The molecular weight excluding hydrogens is 310 g/mol. The molecule has 3 rings (SSSR count). The van der Waals surface area contributed by atoms with Gasteiger partial charge in [-0.3, -0.25) is 9.40 Å². The summed E-state index contributed by atoms with van der Waals surface area (Å²) in [5.41, 5.74) is 2.75. The van der Waals surface area contributed by atoms with E-state index in [9.17, 15) is 8.42 Å². The average Bonchev–Trinajstić information content (AvgIpc) is 2.97. The highest BCUT2D eigenvalue weighted by molar-refractivity contribution is 7.92. The molecule has 2 aromatic carbocycles. The summed E-state index contributed by atoms with van der Waals surface area (Å²) < 4.78 is 28.8. The minimum atomic E-state index is -3.58. The zero-order chi connectivity index (χ0) is 16.3. The first-order valence-corrected chi connectivity index (χ1v) is 8.67. The van der Waals surface area contributed by atoms with E-state index in [4.69, 9.17) is 0 Å². The van der Waals surface area contributed by atoms with Crippen molar-refractivity contribution in [1.82, 2.24) is 9.78 Å². The Bertz CT molecular complexity index is 885. The van der Waals surface area contributed by atoms with Gasteiger partial charge in [0.05, 0.1) is 23.3 Å². The van der Waals surface area contributed by atoms with E-state index in [0.717, 1.165) is 5.56 Å². The van der Waals surface area contributed by atoms with E-state index in [1.54, 1.807) is 41.2 Å². The van der Waals surface area contributed by atoms with Crippen LogP contribution in [-0.4, -0.2) is 18.2 Å². The predicted octanol–water partition coefficient (Wildman–Crippen LogP) is 3.04. The van der Waals surface area contributed by atoms with Gasteiger partial charge < -0.3 is 0 Å². The van der Waals surface area contributed by atoms with Gasteiger partial charge in [-0.2, -0.15) is 5.10 Å². The largest absolute Gasteiger partial charge is 0.276 e. The molecule has 0 amide bonds. The maximum Gasteiger partial charge on any atom is 0.261 e. The zero-order valence-corrected chi connectivity index (χ0v) is 13.5. The van der Waals surface area contributed by atoms with E-state index in [1.165, 1.54) is 11.8 Å². The lowest BCUT2D eigenvalue weighted by molar-refractivity contribution is 0.601. The Morgan fingerprint density at radius 2 is 1.74 bits per heavy atom. The number of benzene rings is 2. The third-order valence-corrected chi connectivity index (χ3v) is 4.80. The van der Waals surface area contributed by atoms with Crippen LogP contribution in [0.1, 0.15) is 11.1 Å². The van der Waals surface area contributed by atoms with Crippen LogP contribution in [0.5, 0.6) is 0 Å². The summed E-state index contributed by atoms with van der Waals surface area (Å²) in [7, 11) is -3.58. The molecule has 0 fully saturated rings. The van der Waals surface area contributed by atoms with Crippen molar-refractivity contribution in [3.8, 4) is 0 Å². The molecule has 0 aliphatic heterocycles. The molecule has 23 heavy (non-hydrogen) atoms. The summed E-state index contributed by atoms with van der Waals surface area (Å²) in [5, 5.41) is 4.20. The van der Waals surface area contributed by atoms with Gasteiger partial charge in [0, 0.05) is 6.20 Å². The highest BCUT2D eigenvalue weighted by Gasteiger charge is 2.14. The number of nitrogens with one attached hydrogen (secondary N) is 1. The maximum atomic E-state index is 12.3. The number of anilines is 1. The molecule has 5 nitrogen and oxygen atoms in total. The van der Waals surface area contributed by atoms with Crippen molar-refractivity contribution in [2.24, 2.45) is 0 Å². The number of rotatable bonds is 5. The van der Waals surface area contributed by atoms with Gasteiger partial charge in [0.25, 0.3) is 10.0 Å². The van der Waals surface area contributed by atoms with Gasteiger partial charge in [-0.05, 0) is 24.6 Å². The molecule has 0 spiro atoms. The molecule has 0 unspecified atom stereocenters. The summed E-state index contributed by atoms with van der Waals surface area (Å²) in [6.07, 6.45) is 3.19. The highest BCUT2D eigenvalue weighted by Crippen LogP contribution is 2.15. The quantitative estimate of drug-likeness (QED) is 0.783. The number of hydrogen-bond donors (Lipinski definition) is 1. The smallest absolute Gasteiger partial charge is 0.261 e. The van der Waals surface area contributed by atoms with E-state index < -0.39 is 10.0 Å². The number of aryl methyl sites for hydroxylation is 1. The summed E-state index contributed by atoms with van der Waals surface area (Å²) in [4.78, 5) is 0.228. The lowest BCUT2D eigenvalue weighted by atomic mass is 10.1. The van der Waals surface area contributed by atoms with Crippen LogP contribution in [-0.2, 0) is 16.6 Å². The molecule has 0 atom stereocenters. The second kappa shape index (κ2) is 6.26. The van der Waals surface area contributed by atoms with Crippen molar-refractivity contribution in [1.29, 1.82) is 0 Å². The van der Waals surface area contributed by atoms with Gasteiger partial charge in [-0.1, -0.05) is 48.0 Å². The maximum absolute atomic E-state index is 12.3. The molecule has 0 radical (unpaired) electrons. The molecule has 6 heteroatoms. The first-order chi connectivity index (χ1) is 11.0. The Labute approximate surface area is 135 Å². The van der Waals surface area contributed by atoms with Crippen LogP contribution in [0.3, 0.4) is 0 Å². The van der Waals surface area contributed by atoms with E-state index >= 15 is 0 Å². The predicted molar refractivity (Wildman–Crippen MR) is 89.8 cm³/mol. The van der Waals surface area contributed by atoms with Crippen LogP contribution in [0.4, 0.5) is 5.69 Å².